The van der Waals surface area contributed by atoms with Gasteiger partial charge in [-0.3, -0.25) is 4.98 Å². The number of thiazole rings is 1. The number of rotatable bonds is 3. The molecule has 0 bridgehead atoms. The average molecular weight is 272 g/mol. The maximum Gasteiger partial charge on any atom is 0.347 e. The van der Waals surface area contributed by atoms with Gasteiger partial charge in [0, 0.05) is 18.0 Å². The van der Waals surface area contributed by atoms with Crippen LogP contribution in [0, 0.1) is 0 Å². The number of H-pyrrole nitrogens is 1. The summed E-state index contributed by atoms with van der Waals surface area (Å²) in [5.74, 6) is -0.967. The molecule has 3 aromatic heterocycles. The molecule has 0 amide bonds. The third kappa shape index (κ3) is 2.23. The van der Waals surface area contributed by atoms with Crippen molar-refractivity contribution in [1.29, 1.82) is 0 Å². The molecule has 0 saturated carbocycles. The minimum Gasteiger partial charge on any atom is -0.477 e. The van der Waals surface area contributed by atoms with Crippen LogP contribution in [0.3, 0.4) is 0 Å². The summed E-state index contributed by atoms with van der Waals surface area (Å²) in [5, 5.41) is 9.54. The molecule has 6 nitrogen and oxygen atoms in total. The maximum absolute atomic E-state index is 10.8. The largest absolute Gasteiger partial charge is 0.477 e. The predicted octanol–water partition coefficient (Wildman–Crippen LogP) is 2.29. The normalized spacial score (nSPS) is 10.5. The number of pyridine rings is 1. The van der Waals surface area contributed by atoms with Gasteiger partial charge in [0.25, 0.3) is 0 Å². The second-order valence-electron chi connectivity index (χ2n) is 3.72. The number of imidazole rings is 1. The van der Waals surface area contributed by atoms with Gasteiger partial charge in [0.2, 0.25) is 0 Å². The van der Waals surface area contributed by atoms with Crippen molar-refractivity contribution in [2.45, 2.75) is 0 Å². The minimum absolute atomic E-state index is 0.216. The van der Waals surface area contributed by atoms with Gasteiger partial charge >= 0.3 is 5.97 Å². The van der Waals surface area contributed by atoms with Crippen LogP contribution >= 0.6 is 11.3 Å². The second-order valence-corrected chi connectivity index (χ2v) is 4.75. The van der Waals surface area contributed by atoms with E-state index in [4.69, 9.17) is 5.11 Å². The maximum atomic E-state index is 10.8. The highest BCUT2D eigenvalue weighted by molar-refractivity contribution is 7.16. The molecule has 3 aromatic rings. The van der Waals surface area contributed by atoms with E-state index in [9.17, 15) is 4.79 Å². The first kappa shape index (κ1) is 11.5. The van der Waals surface area contributed by atoms with Gasteiger partial charge in [-0.1, -0.05) is 0 Å². The lowest BCUT2D eigenvalue weighted by Gasteiger charge is -1.99. The van der Waals surface area contributed by atoms with Crippen molar-refractivity contribution in [2.75, 3.05) is 0 Å². The lowest BCUT2D eigenvalue weighted by molar-refractivity contribution is 0.0702. The lowest BCUT2D eigenvalue weighted by atomic mass is 10.2. The zero-order chi connectivity index (χ0) is 13.2. The summed E-state index contributed by atoms with van der Waals surface area (Å²) in [6.45, 7) is 0. The number of carboxylic acid groups (broad SMARTS) is 1. The number of aromatic carboxylic acids is 1. The molecule has 0 saturated heterocycles. The molecule has 2 N–H and O–H groups in total. The van der Waals surface area contributed by atoms with Crippen molar-refractivity contribution in [3.05, 3.63) is 41.9 Å². The molecule has 0 spiro atoms. The minimum atomic E-state index is -0.967. The first-order valence-corrected chi connectivity index (χ1v) is 6.20. The number of carboxylic acids is 1. The summed E-state index contributed by atoms with van der Waals surface area (Å²) in [5.41, 5.74) is 2.27. The standard InChI is InChI=1S/C12H8N4O2S/c17-12(18)10-5-15-11(19-10)7-1-2-14-8(3-7)9-4-13-6-16-9/h1-6H,(H,13,16)(H,17,18). The Kier molecular flexibility index (Phi) is 2.81. The van der Waals surface area contributed by atoms with E-state index >= 15 is 0 Å². The number of aromatic amines is 1. The third-order valence-electron chi connectivity index (χ3n) is 2.48. The molecule has 0 aliphatic heterocycles. The van der Waals surface area contributed by atoms with Crippen LogP contribution in [-0.4, -0.2) is 31.0 Å². The fraction of sp³-hybridized carbons (Fsp3) is 0. The molecule has 0 radical (unpaired) electrons. The van der Waals surface area contributed by atoms with E-state index in [0.29, 0.717) is 10.7 Å². The number of nitrogens with one attached hydrogen (secondary N) is 1. The van der Waals surface area contributed by atoms with Crippen LogP contribution < -0.4 is 0 Å². The summed E-state index contributed by atoms with van der Waals surface area (Å²) in [4.78, 5) is 26.4. The van der Waals surface area contributed by atoms with Crippen LogP contribution in [0.4, 0.5) is 0 Å². The Morgan fingerprint density at radius 1 is 1.26 bits per heavy atom. The van der Waals surface area contributed by atoms with E-state index in [-0.39, 0.29) is 4.88 Å². The van der Waals surface area contributed by atoms with Crippen LogP contribution in [0.1, 0.15) is 9.67 Å². The summed E-state index contributed by atoms with van der Waals surface area (Å²) >= 11 is 1.13. The second kappa shape index (κ2) is 4.62. The van der Waals surface area contributed by atoms with Gasteiger partial charge in [0.05, 0.1) is 18.2 Å². The van der Waals surface area contributed by atoms with Crippen molar-refractivity contribution in [1.82, 2.24) is 19.9 Å². The predicted molar refractivity (Wildman–Crippen MR) is 69.9 cm³/mol. The number of hydrogen-bond acceptors (Lipinski definition) is 5. The van der Waals surface area contributed by atoms with Crippen molar-refractivity contribution in [3.8, 4) is 22.0 Å². The molecule has 7 heteroatoms. The number of carbonyl (C=O) groups is 1. The first-order chi connectivity index (χ1) is 9.24. The molecule has 0 aliphatic rings. The van der Waals surface area contributed by atoms with Gasteiger partial charge in [-0.25, -0.2) is 14.8 Å². The molecule has 0 aromatic carbocycles. The van der Waals surface area contributed by atoms with Crippen molar-refractivity contribution < 1.29 is 9.90 Å². The Labute approximate surface area is 111 Å². The Balaban J connectivity index is 2.01. The smallest absolute Gasteiger partial charge is 0.347 e. The van der Waals surface area contributed by atoms with Gasteiger partial charge in [0.1, 0.15) is 15.6 Å². The van der Waals surface area contributed by atoms with Gasteiger partial charge in [-0.15, -0.1) is 11.3 Å². The first-order valence-electron chi connectivity index (χ1n) is 5.39. The third-order valence-corrected chi connectivity index (χ3v) is 3.52. The van der Waals surface area contributed by atoms with E-state index in [1.54, 1.807) is 24.8 Å². The topological polar surface area (TPSA) is 91.8 Å². The van der Waals surface area contributed by atoms with Crippen LogP contribution in [0.2, 0.25) is 0 Å². The van der Waals surface area contributed by atoms with Crippen LogP contribution in [0.15, 0.2) is 37.1 Å². The molecular weight excluding hydrogens is 264 g/mol. The molecular formula is C12H8N4O2S. The summed E-state index contributed by atoms with van der Waals surface area (Å²) in [6.07, 6.45) is 6.34. The zero-order valence-electron chi connectivity index (χ0n) is 9.57. The van der Waals surface area contributed by atoms with Gasteiger partial charge in [0.15, 0.2) is 0 Å². The highest BCUT2D eigenvalue weighted by Gasteiger charge is 2.11. The van der Waals surface area contributed by atoms with Crippen molar-refractivity contribution in [2.24, 2.45) is 0 Å². The van der Waals surface area contributed by atoms with Crippen LogP contribution in [-0.2, 0) is 0 Å². The SMILES string of the molecule is O=C(O)c1cnc(-c2ccnc(-c3c[nH]cn3)c2)s1. The van der Waals surface area contributed by atoms with Gasteiger partial charge in [-0.05, 0) is 12.1 Å². The van der Waals surface area contributed by atoms with E-state index in [1.807, 2.05) is 6.07 Å². The fourth-order valence-electron chi connectivity index (χ4n) is 1.61. The fourth-order valence-corrected chi connectivity index (χ4v) is 2.36. The lowest BCUT2D eigenvalue weighted by Crippen LogP contribution is -1.89. The Bertz CT molecular complexity index is 721. The average Bonchev–Trinajstić information content (AvgIpc) is 3.10. The Morgan fingerprint density at radius 3 is 2.84 bits per heavy atom. The van der Waals surface area contributed by atoms with E-state index in [1.165, 1.54) is 6.20 Å². The zero-order valence-corrected chi connectivity index (χ0v) is 10.4. The van der Waals surface area contributed by atoms with Gasteiger partial charge < -0.3 is 10.1 Å². The van der Waals surface area contributed by atoms with E-state index in [0.717, 1.165) is 22.6 Å². The highest BCUT2D eigenvalue weighted by Crippen LogP contribution is 2.27. The molecule has 19 heavy (non-hydrogen) atoms. The quantitative estimate of drug-likeness (QED) is 0.763. The molecule has 0 aliphatic carbocycles. The molecule has 0 atom stereocenters. The van der Waals surface area contributed by atoms with Crippen molar-refractivity contribution >= 4 is 17.3 Å². The summed E-state index contributed by atoms with van der Waals surface area (Å²) in [7, 11) is 0. The summed E-state index contributed by atoms with van der Waals surface area (Å²) in [6, 6.07) is 3.63. The van der Waals surface area contributed by atoms with Gasteiger partial charge in [-0.2, -0.15) is 0 Å². The van der Waals surface area contributed by atoms with Crippen LogP contribution in [0.25, 0.3) is 22.0 Å². The summed E-state index contributed by atoms with van der Waals surface area (Å²) < 4.78 is 0. The highest BCUT2D eigenvalue weighted by atomic mass is 32.1. The molecule has 3 heterocycles. The number of aromatic nitrogens is 4. The Hall–Kier alpha value is -2.54. The van der Waals surface area contributed by atoms with E-state index < -0.39 is 5.97 Å². The van der Waals surface area contributed by atoms with Crippen LogP contribution in [0.5, 0.6) is 0 Å². The molecule has 0 fully saturated rings. The Morgan fingerprint density at radius 2 is 2.16 bits per heavy atom. The molecule has 0 unspecified atom stereocenters. The molecule has 3 rings (SSSR count). The number of nitrogens with zero attached hydrogens (tertiary/aromatic N) is 3. The number of hydrogen-bond donors (Lipinski definition) is 2. The monoisotopic (exact) mass is 272 g/mol. The van der Waals surface area contributed by atoms with Crippen molar-refractivity contribution in [3.63, 3.8) is 0 Å². The molecule has 94 valence electrons. The van der Waals surface area contributed by atoms with E-state index in [2.05, 4.69) is 19.9 Å².